The number of methoxy groups -OCH3 is 3. The Morgan fingerprint density at radius 1 is 0.883 bits per heavy atom. The summed E-state index contributed by atoms with van der Waals surface area (Å²) in [6, 6.07) is -1.70. The zero-order chi connectivity index (χ0) is 56.8. The number of ether oxygens (including phenoxy) is 7. The lowest BCUT2D eigenvalue weighted by molar-refractivity contribution is -0.265. The van der Waals surface area contributed by atoms with E-state index in [1.807, 2.05) is 55.9 Å². The molecule has 4 fully saturated rings. The number of fused-ring (bicyclic) bond motifs is 3. The van der Waals surface area contributed by atoms with Crippen LogP contribution < -0.4 is 9.44 Å². The normalized spacial score (nSPS) is 38.0. The number of piperidine rings is 1. The lowest BCUT2D eigenvalue weighted by Crippen LogP contribution is -2.61. The van der Waals surface area contributed by atoms with Crippen molar-refractivity contribution in [1.82, 2.24) is 14.3 Å². The van der Waals surface area contributed by atoms with E-state index in [0.29, 0.717) is 76.4 Å². The molecule has 5 aliphatic rings. The Kier molecular flexibility index (Phi) is 24.2. The highest BCUT2D eigenvalue weighted by molar-refractivity contribution is 7.88. The molecule has 77 heavy (non-hydrogen) atoms. The molecule has 4 heterocycles. The molecule has 4 aliphatic heterocycles. The van der Waals surface area contributed by atoms with E-state index in [0.717, 1.165) is 10.5 Å². The number of esters is 1. The summed E-state index contributed by atoms with van der Waals surface area (Å²) in [5, 5.41) is 23.6. The first kappa shape index (κ1) is 63.6. The van der Waals surface area contributed by atoms with Crippen LogP contribution in [0.1, 0.15) is 132 Å². The molecule has 434 valence electrons. The smallest absolute Gasteiger partial charge is 0.422 e. The zero-order valence-electron chi connectivity index (χ0n) is 46.8. The molecule has 0 radical (unpaired) electrons. The Balaban J connectivity index is 1.41. The Morgan fingerprint density at radius 2 is 1.62 bits per heavy atom. The van der Waals surface area contributed by atoms with Gasteiger partial charge in [0, 0.05) is 71.1 Å². The van der Waals surface area contributed by atoms with Gasteiger partial charge in [-0.25, -0.2) is 14.3 Å². The third-order valence-electron chi connectivity index (χ3n) is 16.2. The quantitative estimate of drug-likeness (QED) is 0.119. The molecule has 2 amide bonds. The fourth-order valence-electron chi connectivity index (χ4n) is 11.4. The van der Waals surface area contributed by atoms with Crippen LogP contribution in [0.5, 0.6) is 0 Å². The van der Waals surface area contributed by atoms with E-state index in [1.54, 1.807) is 40.9 Å². The first-order chi connectivity index (χ1) is 36.4. The summed E-state index contributed by atoms with van der Waals surface area (Å²) < 4.78 is 70.0. The van der Waals surface area contributed by atoms with Crippen LogP contribution in [0, 0.1) is 35.5 Å². The summed E-state index contributed by atoms with van der Waals surface area (Å²) in [6.07, 6.45) is 8.28. The van der Waals surface area contributed by atoms with Crippen LogP contribution in [0.3, 0.4) is 0 Å². The predicted molar refractivity (Wildman–Crippen MR) is 284 cm³/mol. The van der Waals surface area contributed by atoms with Gasteiger partial charge in [0.25, 0.3) is 11.7 Å². The van der Waals surface area contributed by atoms with Crippen molar-refractivity contribution in [3.63, 3.8) is 0 Å². The fraction of sp³-hybridized carbons (Fsp3) is 0.750. The van der Waals surface area contributed by atoms with Crippen molar-refractivity contribution in [2.45, 2.75) is 193 Å². The number of carbonyl (C=O) groups excluding carboxylic acids is 6. The number of allylic oxidation sites excluding steroid dienone is 6. The summed E-state index contributed by atoms with van der Waals surface area (Å²) in [5.74, 6) is -8.88. The number of Topliss-reactive ketones (excluding diaryl/α,β-unsaturated/α-hetero) is 3. The van der Waals surface area contributed by atoms with Gasteiger partial charge in [-0.2, -0.15) is 13.1 Å². The van der Waals surface area contributed by atoms with Gasteiger partial charge in [-0.15, -0.1) is 0 Å². The molecule has 20 nitrogen and oxygen atoms in total. The first-order valence-corrected chi connectivity index (χ1v) is 29.0. The molecule has 0 aromatic carbocycles. The van der Waals surface area contributed by atoms with E-state index in [2.05, 4.69) is 4.72 Å². The Hall–Kier alpha value is -4.19. The van der Waals surface area contributed by atoms with Crippen LogP contribution in [0.4, 0.5) is 4.79 Å². The molecular formula is C56H87N3O17S. The van der Waals surface area contributed by atoms with Gasteiger partial charge in [-0.1, -0.05) is 71.1 Å². The second kappa shape index (κ2) is 29.3. The number of aliphatic hydroxyl groups is 2. The first-order valence-electron chi connectivity index (χ1n) is 27.5. The van der Waals surface area contributed by atoms with Crippen molar-refractivity contribution in [2.24, 2.45) is 35.5 Å². The summed E-state index contributed by atoms with van der Waals surface area (Å²) in [6.45, 7) is 13.0. The van der Waals surface area contributed by atoms with E-state index < -0.39 is 118 Å². The van der Waals surface area contributed by atoms with Gasteiger partial charge in [0.15, 0.2) is 5.78 Å². The average molecular weight is 1110 g/mol. The molecule has 2 bridgehead atoms. The minimum absolute atomic E-state index is 0.0168. The van der Waals surface area contributed by atoms with Crippen LogP contribution in [0.15, 0.2) is 47.6 Å². The molecule has 0 aromatic rings. The molecule has 0 aromatic heterocycles. The van der Waals surface area contributed by atoms with Gasteiger partial charge >= 0.3 is 22.3 Å². The number of aliphatic hydroxyl groups excluding tert-OH is 1. The number of hydrogen-bond acceptors (Lipinski definition) is 17. The molecule has 0 spiro atoms. The number of cyclic esters (lactones) is 1. The summed E-state index contributed by atoms with van der Waals surface area (Å²) in [4.78, 5) is 85.4. The second-order valence-corrected chi connectivity index (χ2v) is 23.7. The third kappa shape index (κ3) is 17.7. The summed E-state index contributed by atoms with van der Waals surface area (Å²) >= 11 is 0. The van der Waals surface area contributed by atoms with Crippen LogP contribution >= 0.6 is 0 Å². The highest BCUT2D eigenvalue weighted by Crippen LogP contribution is 2.38. The molecule has 1 saturated carbocycles. The van der Waals surface area contributed by atoms with Crippen molar-refractivity contribution < 1.29 is 80.6 Å². The van der Waals surface area contributed by atoms with Crippen LogP contribution in [0.25, 0.3) is 0 Å². The van der Waals surface area contributed by atoms with Gasteiger partial charge in [0.05, 0.1) is 24.9 Å². The van der Waals surface area contributed by atoms with Gasteiger partial charge in [-0.3, -0.25) is 19.2 Å². The molecule has 16 atom stereocenters. The van der Waals surface area contributed by atoms with Gasteiger partial charge in [-0.05, 0) is 113 Å². The van der Waals surface area contributed by atoms with Crippen molar-refractivity contribution in [3.8, 4) is 0 Å². The predicted octanol–water partition coefficient (Wildman–Crippen LogP) is 5.54. The topological polar surface area (TPSA) is 269 Å². The molecular weight excluding hydrogens is 1020 g/mol. The number of amides is 2. The second-order valence-electron chi connectivity index (χ2n) is 22.3. The standard InChI is InChI=1S/C56H87N3O17S/c1-33-16-12-11-13-17-34(2)46(70-8)30-42-21-19-39(7)56(67,76-42)52(63)53(64)59-24-15-14-18-43(59)54(65)74-47(31-44(60)35(3)27-38(6)50(62)51(72-10)49(61)37(5)26-33)36(4)28-40-20-22-45(48(29-40)71-9)75-55(66)58-77(68,69)57-41-23-25-73-32-41/h11-13,16-17,27,33,35-37,39-43,45-48,50-51,57,62,67H,14-15,18-26,28-32H2,1-10H3,(H,58,66)/b13-11+,16-12+,34-17+,38-27+/t33-,35-,36-,37-,39-,40+,41+,42+,43+,45-,46+,47+,48-,50-,51+,56-/m1/s1. The van der Waals surface area contributed by atoms with Crippen LogP contribution in [-0.4, -0.2) is 161 Å². The maximum absolute atomic E-state index is 14.6. The zero-order valence-corrected chi connectivity index (χ0v) is 47.6. The fourth-order valence-corrected chi connectivity index (χ4v) is 12.3. The SMILES string of the molecule is CO[C@H]1C[C@@H]2CC[C@@H](C)[C@@](O)(O2)C(=O)C(=O)N2CCCC[C@H]2C(=O)O[C@H]([C@H](C)C[C@@H]2CC[C@@H](OC(=O)NS(=O)(=O)N[C@H]3CCOC3)[C@H](OC)C2)CC(=O)[C@H](C)/C=C(\C)[C@@H](O)[C@@H](OC)C(=O)[C@H](C)C[C@H](C)/C=C/C=C/C=C/1C. The van der Waals surface area contributed by atoms with Gasteiger partial charge < -0.3 is 48.3 Å². The van der Waals surface area contributed by atoms with Gasteiger partial charge in [0.1, 0.15) is 36.2 Å². The van der Waals surface area contributed by atoms with Crippen LogP contribution in [0.2, 0.25) is 0 Å². The molecule has 0 unspecified atom stereocenters. The lowest BCUT2D eigenvalue weighted by Gasteiger charge is -2.42. The highest BCUT2D eigenvalue weighted by atomic mass is 32.2. The van der Waals surface area contributed by atoms with Crippen molar-refractivity contribution in [3.05, 3.63) is 47.6 Å². The number of nitrogens with one attached hydrogen (secondary N) is 2. The summed E-state index contributed by atoms with van der Waals surface area (Å²) in [5.41, 5.74) is 1.19. The number of nitrogens with zero attached hydrogens (tertiary/aromatic N) is 1. The monoisotopic (exact) mass is 1110 g/mol. The van der Waals surface area contributed by atoms with E-state index >= 15 is 0 Å². The van der Waals surface area contributed by atoms with E-state index in [1.165, 1.54) is 14.2 Å². The van der Waals surface area contributed by atoms with Crippen molar-refractivity contribution >= 4 is 45.5 Å². The molecule has 21 heteroatoms. The minimum atomic E-state index is -4.23. The van der Waals surface area contributed by atoms with E-state index in [4.69, 9.17) is 33.2 Å². The van der Waals surface area contributed by atoms with Crippen LogP contribution in [-0.2, 0) is 67.3 Å². The number of rotatable bonds is 10. The third-order valence-corrected chi connectivity index (χ3v) is 17.3. The molecule has 5 rings (SSSR count). The van der Waals surface area contributed by atoms with Crippen molar-refractivity contribution in [1.29, 1.82) is 0 Å². The number of ketones is 3. The highest BCUT2D eigenvalue weighted by Gasteiger charge is 2.53. The van der Waals surface area contributed by atoms with E-state index in [9.17, 15) is 47.4 Å². The minimum Gasteiger partial charge on any atom is -0.460 e. The Bertz CT molecular complexity index is 2280. The maximum Gasteiger partial charge on any atom is 0.422 e. The Labute approximate surface area is 455 Å². The molecule has 1 aliphatic carbocycles. The van der Waals surface area contributed by atoms with E-state index in [-0.39, 0.29) is 55.8 Å². The molecule has 4 N–H and O–H groups in total. The number of carbonyl (C=O) groups is 6. The molecule has 3 saturated heterocycles. The van der Waals surface area contributed by atoms with Crippen molar-refractivity contribution in [2.75, 3.05) is 41.1 Å². The number of hydrogen-bond donors (Lipinski definition) is 4. The summed E-state index contributed by atoms with van der Waals surface area (Å²) in [7, 11) is 0.136. The Morgan fingerprint density at radius 3 is 2.30 bits per heavy atom. The van der Waals surface area contributed by atoms with Gasteiger partial charge in [0.2, 0.25) is 5.79 Å². The average Bonchev–Trinajstić information content (AvgIpc) is 3.92. The largest absolute Gasteiger partial charge is 0.460 e. The lowest BCUT2D eigenvalue weighted by atomic mass is 9.78. The maximum atomic E-state index is 14.6.